The summed E-state index contributed by atoms with van der Waals surface area (Å²) in [6.45, 7) is 4.22. The van der Waals surface area contributed by atoms with Crippen LogP contribution >= 0.6 is 0 Å². The number of aliphatic hydroxyl groups excluding tert-OH is 1. The molecule has 2 atom stereocenters. The molecule has 106 valence electrons. The Hall–Kier alpha value is -1.42. The van der Waals surface area contributed by atoms with E-state index in [0.717, 1.165) is 25.2 Å². The predicted octanol–water partition coefficient (Wildman–Crippen LogP) is 2.64. The van der Waals surface area contributed by atoms with Crippen LogP contribution in [0.15, 0.2) is 42.5 Å². The molecule has 2 N–H and O–H groups in total. The first kappa shape index (κ1) is 13.6. The third-order valence-corrected chi connectivity index (χ3v) is 4.10. The van der Waals surface area contributed by atoms with Gasteiger partial charge in [0.25, 0.3) is 0 Å². The van der Waals surface area contributed by atoms with Gasteiger partial charge in [-0.1, -0.05) is 36.4 Å². The number of β-amino-alcohol motifs (C(OH)–C–C–N with tert-alkyl or cyclic N) is 1. The lowest BCUT2D eigenvalue weighted by molar-refractivity contribution is 0.142. The highest BCUT2D eigenvalue weighted by Crippen LogP contribution is 2.22. The Morgan fingerprint density at radius 1 is 1.25 bits per heavy atom. The Kier molecular flexibility index (Phi) is 3.74. The summed E-state index contributed by atoms with van der Waals surface area (Å²) in [5, 5.41) is 16.1. The van der Waals surface area contributed by atoms with Gasteiger partial charge < -0.3 is 15.2 Å². The highest BCUT2D eigenvalue weighted by atomic mass is 16.5. The van der Waals surface area contributed by atoms with Gasteiger partial charge in [-0.25, -0.2) is 0 Å². The van der Waals surface area contributed by atoms with Gasteiger partial charge in [-0.3, -0.25) is 0 Å². The van der Waals surface area contributed by atoms with Crippen molar-refractivity contribution >= 4 is 10.8 Å². The molecule has 3 rings (SSSR count). The fourth-order valence-corrected chi connectivity index (χ4v) is 2.68. The molecule has 0 aliphatic carbocycles. The van der Waals surface area contributed by atoms with Gasteiger partial charge >= 0.3 is 0 Å². The zero-order chi connectivity index (χ0) is 14.0. The van der Waals surface area contributed by atoms with Crippen molar-refractivity contribution in [1.29, 1.82) is 0 Å². The van der Waals surface area contributed by atoms with E-state index >= 15 is 0 Å². The molecule has 0 radical (unpaired) electrons. The summed E-state index contributed by atoms with van der Waals surface area (Å²) < 4.78 is 5.41. The van der Waals surface area contributed by atoms with Crippen LogP contribution in [0.3, 0.4) is 0 Å². The van der Waals surface area contributed by atoms with Crippen LogP contribution in [0.4, 0.5) is 0 Å². The molecule has 1 heterocycles. The number of nitrogens with one attached hydrogen (secondary N) is 1. The summed E-state index contributed by atoms with van der Waals surface area (Å²) in [6.07, 6.45) is 0.509. The lowest BCUT2D eigenvalue weighted by Crippen LogP contribution is -2.44. The molecule has 1 fully saturated rings. The van der Waals surface area contributed by atoms with Gasteiger partial charge in [0.2, 0.25) is 0 Å². The quantitative estimate of drug-likeness (QED) is 0.898. The number of rotatable bonds is 4. The van der Waals surface area contributed by atoms with Gasteiger partial charge in [0, 0.05) is 18.7 Å². The molecule has 0 aromatic heterocycles. The summed E-state index contributed by atoms with van der Waals surface area (Å²) in [4.78, 5) is 0. The lowest BCUT2D eigenvalue weighted by atomic mass is 10.00. The first-order chi connectivity index (χ1) is 9.66. The van der Waals surface area contributed by atoms with Gasteiger partial charge in [-0.2, -0.15) is 0 Å². The molecule has 3 heteroatoms. The van der Waals surface area contributed by atoms with Crippen molar-refractivity contribution in [2.24, 2.45) is 0 Å². The molecule has 2 aromatic carbocycles. The standard InChI is InChI=1S/C17H21NO2/c1-17(8-9-20-12-17)18-11-16(19)15-7-6-13-4-2-3-5-14(13)10-15/h2-7,10,16,18-19H,8-9,11-12H2,1H3. The second-order valence-electron chi connectivity index (χ2n) is 5.87. The first-order valence-electron chi connectivity index (χ1n) is 7.16. The Morgan fingerprint density at radius 3 is 2.80 bits per heavy atom. The predicted molar refractivity (Wildman–Crippen MR) is 80.8 cm³/mol. The minimum absolute atomic E-state index is 0.00215. The third-order valence-electron chi connectivity index (χ3n) is 4.10. The van der Waals surface area contributed by atoms with Gasteiger partial charge in [0.15, 0.2) is 0 Å². The highest BCUT2D eigenvalue weighted by molar-refractivity contribution is 5.83. The summed E-state index contributed by atoms with van der Waals surface area (Å²) in [5.41, 5.74) is 0.955. The Bertz CT molecular complexity index is 590. The zero-order valence-electron chi connectivity index (χ0n) is 11.8. The maximum Gasteiger partial charge on any atom is 0.0914 e. The van der Waals surface area contributed by atoms with Crippen molar-refractivity contribution in [1.82, 2.24) is 5.32 Å². The summed E-state index contributed by atoms with van der Waals surface area (Å²) in [6, 6.07) is 14.3. The molecule has 20 heavy (non-hydrogen) atoms. The normalized spacial score (nSPS) is 24.1. The average molecular weight is 271 g/mol. The van der Waals surface area contributed by atoms with Crippen LogP contribution in [0, 0.1) is 0 Å². The van der Waals surface area contributed by atoms with Crippen LogP contribution in [-0.4, -0.2) is 30.4 Å². The average Bonchev–Trinajstić information content (AvgIpc) is 2.91. The van der Waals surface area contributed by atoms with E-state index in [0.29, 0.717) is 6.54 Å². The topological polar surface area (TPSA) is 41.5 Å². The van der Waals surface area contributed by atoms with E-state index in [4.69, 9.17) is 4.74 Å². The van der Waals surface area contributed by atoms with Crippen molar-refractivity contribution < 1.29 is 9.84 Å². The maximum atomic E-state index is 10.4. The molecule has 1 aliphatic heterocycles. The second-order valence-corrected chi connectivity index (χ2v) is 5.87. The van der Waals surface area contributed by atoms with Crippen LogP contribution in [0.5, 0.6) is 0 Å². The van der Waals surface area contributed by atoms with Crippen molar-refractivity contribution in [3.63, 3.8) is 0 Å². The third kappa shape index (κ3) is 2.85. The monoisotopic (exact) mass is 271 g/mol. The molecule has 0 saturated carbocycles. The fourth-order valence-electron chi connectivity index (χ4n) is 2.68. The molecule has 1 aliphatic rings. The van der Waals surface area contributed by atoms with Crippen LogP contribution in [-0.2, 0) is 4.74 Å². The minimum atomic E-state index is -0.489. The number of ether oxygens (including phenoxy) is 1. The lowest BCUT2D eigenvalue weighted by Gasteiger charge is -2.25. The van der Waals surface area contributed by atoms with E-state index in [9.17, 15) is 5.11 Å². The van der Waals surface area contributed by atoms with Crippen molar-refractivity contribution in [2.45, 2.75) is 25.0 Å². The Labute approximate surface area is 119 Å². The van der Waals surface area contributed by atoms with E-state index in [2.05, 4.69) is 36.5 Å². The first-order valence-corrected chi connectivity index (χ1v) is 7.16. The molecule has 0 bridgehead atoms. The molecule has 2 unspecified atom stereocenters. The molecule has 1 saturated heterocycles. The second kappa shape index (κ2) is 5.52. The number of fused-ring (bicyclic) bond motifs is 1. The summed E-state index contributed by atoms with van der Waals surface area (Å²) in [5.74, 6) is 0. The van der Waals surface area contributed by atoms with Gasteiger partial charge in [0.05, 0.1) is 12.7 Å². The van der Waals surface area contributed by atoms with Gasteiger partial charge in [-0.05, 0) is 35.7 Å². The molecule has 2 aromatic rings. The number of aliphatic hydroxyl groups is 1. The fraction of sp³-hybridized carbons (Fsp3) is 0.412. The number of hydrogen-bond acceptors (Lipinski definition) is 3. The zero-order valence-corrected chi connectivity index (χ0v) is 11.8. The summed E-state index contributed by atoms with van der Waals surface area (Å²) >= 11 is 0. The van der Waals surface area contributed by atoms with Crippen molar-refractivity contribution in [3.8, 4) is 0 Å². The van der Waals surface area contributed by atoms with Gasteiger partial charge in [-0.15, -0.1) is 0 Å². The van der Waals surface area contributed by atoms with E-state index in [1.54, 1.807) is 0 Å². The maximum absolute atomic E-state index is 10.4. The summed E-state index contributed by atoms with van der Waals surface area (Å²) in [7, 11) is 0. The Morgan fingerprint density at radius 2 is 2.05 bits per heavy atom. The molecular formula is C17H21NO2. The smallest absolute Gasteiger partial charge is 0.0914 e. The van der Waals surface area contributed by atoms with E-state index in [1.807, 2.05) is 18.2 Å². The van der Waals surface area contributed by atoms with Crippen molar-refractivity contribution in [2.75, 3.05) is 19.8 Å². The van der Waals surface area contributed by atoms with Crippen molar-refractivity contribution in [3.05, 3.63) is 48.0 Å². The molecular weight excluding hydrogens is 250 g/mol. The SMILES string of the molecule is CC1(NCC(O)c2ccc3ccccc3c2)CCOC1. The number of hydrogen-bond donors (Lipinski definition) is 2. The van der Waals surface area contributed by atoms with E-state index in [-0.39, 0.29) is 5.54 Å². The highest BCUT2D eigenvalue weighted by Gasteiger charge is 2.29. The number of benzene rings is 2. The molecule has 0 spiro atoms. The Balaban J connectivity index is 1.70. The van der Waals surface area contributed by atoms with Crippen LogP contribution in [0.1, 0.15) is 25.0 Å². The van der Waals surface area contributed by atoms with Gasteiger partial charge in [0.1, 0.15) is 0 Å². The minimum Gasteiger partial charge on any atom is -0.387 e. The van der Waals surface area contributed by atoms with E-state index in [1.165, 1.54) is 10.8 Å². The van der Waals surface area contributed by atoms with Crippen LogP contribution in [0.2, 0.25) is 0 Å². The molecule has 3 nitrogen and oxygen atoms in total. The van der Waals surface area contributed by atoms with E-state index < -0.39 is 6.10 Å². The molecule has 0 amide bonds. The largest absolute Gasteiger partial charge is 0.387 e. The van der Waals surface area contributed by atoms with Crippen LogP contribution < -0.4 is 5.32 Å². The van der Waals surface area contributed by atoms with Crippen LogP contribution in [0.25, 0.3) is 10.8 Å².